The molecule has 0 atom stereocenters. The molecule has 26 heavy (non-hydrogen) atoms. The minimum absolute atomic E-state index is 0.114. The number of para-hydroxylation sites is 1. The molecule has 0 aliphatic heterocycles. The Morgan fingerprint density at radius 1 is 1.19 bits per heavy atom. The molecule has 1 heterocycles. The van der Waals surface area contributed by atoms with Gasteiger partial charge in [0.1, 0.15) is 11.0 Å². The quantitative estimate of drug-likeness (QED) is 0.256. The molecule has 0 saturated heterocycles. The van der Waals surface area contributed by atoms with Crippen molar-refractivity contribution in [3.05, 3.63) is 24.3 Å². The van der Waals surface area contributed by atoms with E-state index in [0.29, 0.717) is 11.0 Å². The first kappa shape index (κ1) is 21.4. The molecule has 1 amide bonds. The first-order chi connectivity index (χ1) is 11.5. The maximum absolute atomic E-state index is 11.0. The van der Waals surface area contributed by atoms with Crippen LogP contribution in [-0.4, -0.2) is 63.0 Å². The van der Waals surface area contributed by atoms with Crippen LogP contribution in [0.15, 0.2) is 24.3 Å². The van der Waals surface area contributed by atoms with Crippen LogP contribution in [0.25, 0.3) is 11.0 Å². The molecular formula is C11H14F6N5O3P. The maximum atomic E-state index is 11.0. The van der Waals surface area contributed by atoms with Crippen LogP contribution < -0.4 is 4.84 Å². The molecule has 0 spiro atoms. The van der Waals surface area contributed by atoms with Crippen LogP contribution in [0.3, 0.4) is 0 Å². The molecule has 2 aromatic rings. The van der Waals surface area contributed by atoms with E-state index in [1.165, 1.54) is 16.5 Å². The number of rotatable bonds is 1. The Bertz CT molecular complexity index is 835. The number of fused-ring (bicyclic) bond motifs is 1. The summed E-state index contributed by atoms with van der Waals surface area (Å²) in [6.07, 6.45) is -1.13. The van der Waals surface area contributed by atoms with Crippen LogP contribution >= 0.6 is 7.81 Å². The van der Waals surface area contributed by atoms with E-state index in [9.17, 15) is 30.0 Å². The van der Waals surface area contributed by atoms with Crippen molar-refractivity contribution in [2.45, 2.75) is 0 Å². The number of amidine groups is 1. The Labute approximate surface area is 142 Å². The van der Waals surface area contributed by atoms with E-state index < -0.39 is 13.9 Å². The monoisotopic (exact) mass is 409 g/mol. The van der Waals surface area contributed by atoms with Gasteiger partial charge in [-0.15, -0.1) is 10.00 Å². The standard InChI is InChI=1S/C11H13N5O3.F6P/c1-14(2)10(15(3)11(17)18)19-16-9-7-5-4-6-8(9)12-13-16;1-7(2,3,4,5)6/h4-7H,1-3H3;/q;-1/p+1. The van der Waals surface area contributed by atoms with Gasteiger partial charge in [-0.2, -0.15) is 4.79 Å². The third-order valence-corrected chi connectivity index (χ3v) is 2.45. The first-order valence-electron chi connectivity index (χ1n) is 6.52. The number of aromatic nitrogens is 3. The number of halogens is 6. The summed E-state index contributed by atoms with van der Waals surface area (Å²) in [5.41, 5.74) is 1.32. The Morgan fingerprint density at radius 2 is 1.69 bits per heavy atom. The Kier molecular flexibility index (Phi) is 5.16. The van der Waals surface area contributed by atoms with Gasteiger partial charge in [0.2, 0.25) is 0 Å². The minimum atomic E-state index is -10.7. The van der Waals surface area contributed by atoms with Crippen molar-refractivity contribution in [2.24, 2.45) is 0 Å². The van der Waals surface area contributed by atoms with E-state index in [-0.39, 0.29) is 6.02 Å². The Hall–Kier alpha value is -2.63. The van der Waals surface area contributed by atoms with Crippen molar-refractivity contribution in [1.82, 2.24) is 20.1 Å². The van der Waals surface area contributed by atoms with Gasteiger partial charge in [0.15, 0.2) is 0 Å². The number of hydrogen-bond donors (Lipinski definition) is 1. The van der Waals surface area contributed by atoms with Gasteiger partial charge in [-0.25, -0.2) is 4.58 Å². The molecule has 148 valence electrons. The first-order valence-corrected chi connectivity index (χ1v) is 8.54. The van der Waals surface area contributed by atoms with E-state index >= 15 is 0 Å². The third kappa shape index (κ3) is 7.96. The molecule has 0 bridgehead atoms. The third-order valence-electron chi connectivity index (χ3n) is 2.45. The number of benzene rings is 1. The summed E-state index contributed by atoms with van der Waals surface area (Å²) >= 11 is 0. The second kappa shape index (κ2) is 6.27. The van der Waals surface area contributed by atoms with Gasteiger partial charge in [0, 0.05) is 0 Å². The van der Waals surface area contributed by atoms with Crippen molar-refractivity contribution >= 4 is 31.0 Å². The van der Waals surface area contributed by atoms with Gasteiger partial charge in [-0.1, -0.05) is 17.0 Å². The summed E-state index contributed by atoms with van der Waals surface area (Å²) in [5.74, 6) is 0. The fraction of sp³-hybridized carbons (Fsp3) is 0.273. The van der Waals surface area contributed by atoms with Crippen molar-refractivity contribution in [2.75, 3.05) is 21.1 Å². The molecule has 0 aliphatic carbocycles. The van der Waals surface area contributed by atoms with Crippen molar-refractivity contribution < 1.29 is 44.5 Å². The van der Waals surface area contributed by atoms with Crippen LogP contribution in [0.4, 0.5) is 30.0 Å². The van der Waals surface area contributed by atoms with Crippen LogP contribution in [0.1, 0.15) is 0 Å². The average Bonchev–Trinajstić information content (AvgIpc) is 2.83. The van der Waals surface area contributed by atoms with Gasteiger partial charge in [0.25, 0.3) is 0 Å². The van der Waals surface area contributed by atoms with E-state index in [1.54, 1.807) is 26.2 Å². The van der Waals surface area contributed by atoms with Gasteiger partial charge >= 0.3 is 45.1 Å². The van der Waals surface area contributed by atoms with Gasteiger partial charge in [-0.3, -0.25) is 4.84 Å². The fourth-order valence-corrected chi connectivity index (χ4v) is 1.52. The van der Waals surface area contributed by atoms with E-state index in [4.69, 9.17) is 9.94 Å². The fourth-order valence-electron chi connectivity index (χ4n) is 1.52. The SMILES string of the molecule is CN(C(=O)O)C(On1nnc2ccccc21)=[N+](C)C.F[P-](F)(F)(F)(F)F. The van der Waals surface area contributed by atoms with Crippen LogP contribution in [-0.2, 0) is 0 Å². The molecule has 0 saturated carbocycles. The molecule has 0 radical (unpaired) electrons. The van der Waals surface area contributed by atoms with Gasteiger partial charge in [0.05, 0.1) is 21.1 Å². The van der Waals surface area contributed by atoms with Gasteiger partial charge < -0.3 is 5.11 Å². The summed E-state index contributed by atoms with van der Waals surface area (Å²) in [7, 11) is -5.92. The van der Waals surface area contributed by atoms with Crippen LogP contribution in [0.5, 0.6) is 0 Å². The molecule has 1 aromatic carbocycles. The number of nitrogens with zero attached hydrogens (tertiary/aromatic N) is 5. The number of hydrogen-bond acceptors (Lipinski definition) is 4. The summed E-state index contributed by atoms with van der Waals surface area (Å²) in [6.45, 7) is 0. The topological polar surface area (TPSA) is 83.5 Å². The van der Waals surface area contributed by atoms with Crippen molar-refractivity contribution in [1.29, 1.82) is 0 Å². The zero-order chi connectivity index (χ0) is 20.4. The van der Waals surface area contributed by atoms with Crippen molar-refractivity contribution in [3.8, 4) is 0 Å². The number of amides is 1. The van der Waals surface area contributed by atoms with E-state index in [0.717, 1.165) is 4.90 Å². The molecular weight excluding hydrogens is 395 g/mol. The van der Waals surface area contributed by atoms with E-state index in [1.807, 2.05) is 12.1 Å². The molecule has 2 rings (SSSR count). The second-order valence-electron chi connectivity index (χ2n) is 5.02. The molecule has 1 aromatic heterocycles. The molecule has 0 aliphatic rings. The Morgan fingerprint density at radius 3 is 2.15 bits per heavy atom. The zero-order valence-electron chi connectivity index (χ0n) is 13.5. The predicted octanol–water partition coefficient (Wildman–Crippen LogP) is 3.48. The Balaban J connectivity index is 0.000000412. The second-order valence-corrected chi connectivity index (χ2v) is 6.94. The summed E-state index contributed by atoms with van der Waals surface area (Å²) in [6, 6.07) is 7.34. The summed E-state index contributed by atoms with van der Waals surface area (Å²) < 4.78 is 60.7. The molecule has 15 heteroatoms. The molecule has 1 N–H and O–H groups in total. The van der Waals surface area contributed by atoms with Crippen LogP contribution in [0.2, 0.25) is 0 Å². The zero-order valence-corrected chi connectivity index (χ0v) is 14.4. The van der Waals surface area contributed by atoms with Crippen LogP contribution in [0, 0.1) is 0 Å². The van der Waals surface area contributed by atoms with E-state index in [2.05, 4.69) is 10.3 Å². The number of carbonyl (C=O) groups is 1. The summed E-state index contributed by atoms with van der Waals surface area (Å²) in [4.78, 5) is 18.6. The summed E-state index contributed by atoms with van der Waals surface area (Å²) in [5, 5.41) is 16.8. The predicted molar refractivity (Wildman–Crippen MR) is 80.6 cm³/mol. The normalized spacial score (nSPS) is 13.7. The van der Waals surface area contributed by atoms with Gasteiger partial charge in [-0.05, 0) is 17.3 Å². The average molecular weight is 409 g/mol. The van der Waals surface area contributed by atoms with Crippen molar-refractivity contribution in [3.63, 3.8) is 0 Å². The molecule has 8 nitrogen and oxygen atoms in total. The number of carboxylic acid groups (broad SMARTS) is 1. The molecule has 0 fully saturated rings. The molecule has 0 unspecified atom stereocenters.